The maximum atomic E-state index is 12.7. The van der Waals surface area contributed by atoms with Crippen molar-refractivity contribution >= 4 is 29.3 Å². The molecule has 3 amide bonds. The van der Waals surface area contributed by atoms with Crippen LogP contribution in [-0.2, 0) is 9.59 Å². The van der Waals surface area contributed by atoms with Gasteiger partial charge in [0, 0.05) is 25.0 Å². The third-order valence-electron chi connectivity index (χ3n) is 7.03. The molecule has 43 heavy (non-hydrogen) atoms. The summed E-state index contributed by atoms with van der Waals surface area (Å²) in [4.78, 5) is 38.4. The van der Waals surface area contributed by atoms with E-state index >= 15 is 0 Å². The molecule has 1 aliphatic heterocycles. The average Bonchev–Trinajstić information content (AvgIpc) is 3.22. The first-order valence-electron chi connectivity index (χ1n) is 13.9. The van der Waals surface area contributed by atoms with Crippen molar-refractivity contribution in [3.8, 4) is 5.75 Å². The van der Waals surface area contributed by atoms with Crippen molar-refractivity contribution < 1.29 is 24.2 Å². The van der Waals surface area contributed by atoms with Crippen LogP contribution in [0.25, 0.3) is 0 Å². The zero-order chi connectivity index (χ0) is 30.8. The minimum Gasteiger partial charge on any atom is -0.495 e. The number of para-hydroxylation sites is 1. The molecule has 0 saturated heterocycles. The molecule has 1 heterocycles. The molecule has 0 aliphatic carbocycles. The molecule has 2 unspecified atom stereocenters. The number of aliphatic carboxylic acids is 1. The fraction of sp³-hybridized carbons (Fsp3) is 0.206. The Hall–Kier alpha value is -5.31. The standard InChI is InChI=1S/C34H36N4O5/c1-23-10-7-8-14-28(23)36-34(42)37-29-16-15-27(21-32(29)43-3)30(35-24(2)39)20-25-11-9-18-38(19-17-25)31(22-33(40)41)26-12-5-4-6-13-26/h4-19,21,30-31H,20,22H2,1-3H3,(H,35,39)(H,40,41)(H2,36,37,42). The van der Waals surface area contributed by atoms with Crippen LogP contribution < -0.4 is 20.7 Å². The first-order chi connectivity index (χ1) is 20.7. The summed E-state index contributed by atoms with van der Waals surface area (Å²) in [5.41, 5.74) is 4.75. The number of urea groups is 1. The largest absolute Gasteiger partial charge is 0.495 e. The summed E-state index contributed by atoms with van der Waals surface area (Å²) >= 11 is 0. The van der Waals surface area contributed by atoms with E-state index in [0.29, 0.717) is 23.5 Å². The average molecular weight is 581 g/mol. The summed E-state index contributed by atoms with van der Waals surface area (Å²) in [6.07, 6.45) is 9.86. The molecule has 0 fully saturated rings. The number of ether oxygens (including phenoxy) is 1. The van der Waals surface area contributed by atoms with Gasteiger partial charge in [0.2, 0.25) is 5.91 Å². The van der Waals surface area contributed by atoms with Crippen molar-refractivity contribution in [3.05, 3.63) is 126 Å². The van der Waals surface area contributed by atoms with Crippen LogP contribution in [0.1, 0.15) is 48.5 Å². The third kappa shape index (κ3) is 8.59. The summed E-state index contributed by atoms with van der Waals surface area (Å²) in [7, 11) is 1.52. The number of hydrogen-bond acceptors (Lipinski definition) is 5. The second-order valence-corrected chi connectivity index (χ2v) is 10.2. The maximum Gasteiger partial charge on any atom is 0.323 e. The van der Waals surface area contributed by atoms with Crippen LogP contribution in [0.4, 0.5) is 16.2 Å². The highest BCUT2D eigenvalue weighted by molar-refractivity contribution is 6.01. The van der Waals surface area contributed by atoms with Gasteiger partial charge in [-0.1, -0.05) is 60.7 Å². The number of hydrogen-bond donors (Lipinski definition) is 4. The number of anilines is 2. The van der Waals surface area contributed by atoms with Gasteiger partial charge < -0.3 is 30.7 Å². The van der Waals surface area contributed by atoms with Gasteiger partial charge in [-0.25, -0.2) is 4.79 Å². The normalized spacial score (nSPS) is 13.7. The van der Waals surface area contributed by atoms with E-state index in [1.54, 1.807) is 12.1 Å². The first-order valence-corrected chi connectivity index (χ1v) is 13.9. The molecule has 0 radical (unpaired) electrons. The van der Waals surface area contributed by atoms with E-state index in [4.69, 9.17) is 4.74 Å². The molecule has 0 spiro atoms. The van der Waals surface area contributed by atoms with Gasteiger partial charge in [-0.05, 0) is 66.0 Å². The van der Waals surface area contributed by atoms with Gasteiger partial charge >= 0.3 is 12.0 Å². The zero-order valence-electron chi connectivity index (χ0n) is 24.4. The van der Waals surface area contributed by atoms with Gasteiger partial charge in [-0.3, -0.25) is 9.59 Å². The lowest BCUT2D eigenvalue weighted by atomic mass is 9.97. The van der Waals surface area contributed by atoms with E-state index in [1.807, 2.05) is 103 Å². The SMILES string of the molecule is COc1cc(C(CC2=CC=CN(C(CC(=O)O)c3ccccc3)C=C2)NC(C)=O)ccc1NC(=O)Nc1ccccc1C. The Morgan fingerprint density at radius 3 is 2.33 bits per heavy atom. The van der Waals surface area contributed by atoms with E-state index < -0.39 is 12.0 Å². The summed E-state index contributed by atoms with van der Waals surface area (Å²) in [6.45, 7) is 3.38. The highest BCUT2D eigenvalue weighted by Gasteiger charge is 2.21. The molecule has 0 aromatic heterocycles. The van der Waals surface area contributed by atoms with Crippen LogP contribution in [0.2, 0.25) is 0 Å². The van der Waals surface area contributed by atoms with Gasteiger partial charge in [0.15, 0.2) is 0 Å². The smallest absolute Gasteiger partial charge is 0.323 e. The number of nitrogens with zero attached hydrogens (tertiary/aromatic N) is 1. The Labute approximate surface area is 251 Å². The summed E-state index contributed by atoms with van der Waals surface area (Å²) in [6, 6.07) is 21.2. The van der Waals surface area contributed by atoms with E-state index in [-0.39, 0.29) is 24.4 Å². The van der Waals surface area contributed by atoms with Gasteiger partial charge in [-0.15, -0.1) is 0 Å². The number of nitrogens with one attached hydrogen (secondary N) is 3. The van der Waals surface area contributed by atoms with Crippen LogP contribution in [0, 0.1) is 6.92 Å². The minimum absolute atomic E-state index is 0.0638. The molecular formula is C34H36N4O5. The van der Waals surface area contributed by atoms with Gasteiger partial charge in [0.25, 0.3) is 0 Å². The number of rotatable bonds is 11. The fourth-order valence-corrected chi connectivity index (χ4v) is 4.88. The third-order valence-corrected chi connectivity index (χ3v) is 7.03. The highest BCUT2D eigenvalue weighted by Crippen LogP contribution is 2.32. The number of carbonyl (C=O) groups is 3. The molecule has 4 N–H and O–H groups in total. The van der Waals surface area contributed by atoms with Crippen molar-refractivity contribution in [1.29, 1.82) is 0 Å². The first kappa shape index (κ1) is 30.6. The zero-order valence-corrected chi connectivity index (χ0v) is 24.4. The van der Waals surface area contributed by atoms with Crippen molar-refractivity contribution in [1.82, 2.24) is 10.2 Å². The number of carbonyl (C=O) groups excluding carboxylic acids is 2. The molecular weight excluding hydrogens is 544 g/mol. The Balaban J connectivity index is 1.51. The van der Waals surface area contributed by atoms with E-state index in [1.165, 1.54) is 14.0 Å². The molecule has 4 rings (SSSR count). The summed E-state index contributed by atoms with van der Waals surface area (Å²) in [5, 5.41) is 18.2. The lowest BCUT2D eigenvalue weighted by Crippen LogP contribution is -2.26. The van der Waals surface area contributed by atoms with Crippen LogP contribution in [0.5, 0.6) is 5.75 Å². The van der Waals surface area contributed by atoms with Crippen LogP contribution in [0.3, 0.4) is 0 Å². The fourth-order valence-electron chi connectivity index (χ4n) is 4.88. The van der Waals surface area contributed by atoms with Gasteiger partial charge in [-0.2, -0.15) is 0 Å². The molecule has 9 nitrogen and oxygen atoms in total. The number of carboxylic acids is 1. The molecule has 3 aromatic carbocycles. The second kappa shape index (κ2) is 14.5. The molecule has 1 aliphatic rings. The van der Waals surface area contributed by atoms with Crippen LogP contribution >= 0.6 is 0 Å². The lowest BCUT2D eigenvalue weighted by Gasteiger charge is -2.26. The molecule has 2 atom stereocenters. The van der Waals surface area contributed by atoms with Gasteiger partial charge in [0.05, 0.1) is 31.3 Å². The minimum atomic E-state index is -0.890. The van der Waals surface area contributed by atoms with Crippen LogP contribution in [-0.4, -0.2) is 35.0 Å². The topological polar surface area (TPSA) is 120 Å². The number of amides is 3. The Kier molecular flexibility index (Phi) is 10.4. The van der Waals surface area contributed by atoms with E-state index in [9.17, 15) is 19.5 Å². The number of methoxy groups -OCH3 is 1. The van der Waals surface area contributed by atoms with Crippen LogP contribution in [0.15, 0.2) is 109 Å². The Morgan fingerprint density at radius 1 is 0.907 bits per heavy atom. The van der Waals surface area contributed by atoms with E-state index in [0.717, 1.165) is 22.3 Å². The van der Waals surface area contributed by atoms with Crippen molar-refractivity contribution in [3.63, 3.8) is 0 Å². The van der Waals surface area contributed by atoms with Crippen molar-refractivity contribution in [2.45, 2.75) is 38.8 Å². The molecule has 0 saturated carbocycles. The molecule has 3 aromatic rings. The lowest BCUT2D eigenvalue weighted by molar-refractivity contribution is -0.138. The van der Waals surface area contributed by atoms with E-state index in [2.05, 4.69) is 16.0 Å². The molecule has 9 heteroatoms. The summed E-state index contributed by atoms with van der Waals surface area (Å²) < 4.78 is 5.59. The maximum absolute atomic E-state index is 12.7. The second-order valence-electron chi connectivity index (χ2n) is 10.2. The monoisotopic (exact) mass is 580 g/mol. The number of benzene rings is 3. The predicted octanol–water partition coefficient (Wildman–Crippen LogP) is 6.70. The number of allylic oxidation sites excluding steroid dienone is 3. The van der Waals surface area contributed by atoms with Crippen molar-refractivity contribution in [2.75, 3.05) is 17.7 Å². The summed E-state index contributed by atoms with van der Waals surface area (Å²) in [5.74, 6) is -0.633. The molecule has 222 valence electrons. The number of aryl methyl sites for hydroxylation is 1. The van der Waals surface area contributed by atoms with Crippen molar-refractivity contribution in [2.24, 2.45) is 0 Å². The Morgan fingerprint density at radius 2 is 1.63 bits per heavy atom. The number of carboxylic acid groups (broad SMARTS) is 1. The van der Waals surface area contributed by atoms with Gasteiger partial charge in [0.1, 0.15) is 5.75 Å². The molecule has 0 bridgehead atoms. The quantitative estimate of drug-likeness (QED) is 0.200. The highest BCUT2D eigenvalue weighted by atomic mass is 16.5. The Bertz CT molecular complexity index is 1550. The predicted molar refractivity (Wildman–Crippen MR) is 168 cm³/mol.